The Bertz CT molecular complexity index is 269. The van der Waals surface area contributed by atoms with E-state index >= 15 is 0 Å². The zero-order valence-corrected chi connectivity index (χ0v) is 10.8. The fourth-order valence-corrected chi connectivity index (χ4v) is 0.879. The molecule has 0 aliphatic heterocycles. The van der Waals surface area contributed by atoms with Crippen molar-refractivity contribution in [3.8, 4) is 0 Å². The molecule has 17 heavy (non-hydrogen) atoms. The van der Waals surface area contributed by atoms with Crippen molar-refractivity contribution in [1.82, 2.24) is 0 Å². The van der Waals surface area contributed by atoms with E-state index in [9.17, 15) is 4.79 Å². The van der Waals surface area contributed by atoms with Crippen LogP contribution in [0.2, 0.25) is 0 Å². The van der Waals surface area contributed by atoms with Crippen LogP contribution in [0.1, 0.15) is 39.0 Å². The van der Waals surface area contributed by atoms with Gasteiger partial charge in [-0.15, -0.1) is 0 Å². The topological polar surface area (TPSA) is 127 Å². The van der Waals surface area contributed by atoms with E-state index < -0.39 is 10.4 Å². The first-order valence-electron chi connectivity index (χ1n) is 5.36. The lowest BCUT2D eigenvalue weighted by Crippen LogP contribution is -2.05. The lowest BCUT2D eigenvalue weighted by molar-refractivity contribution is -0.143. The van der Waals surface area contributed by atoms with E-state index in [0.717, 1.165) is 25.7 Å². The van der Waals surface area contributed by atoms with Crippen molar-refractivity contribution in [3.63, 3.8) is 0 Å². The van der Waals surface area contributed by atoms with E-state index in [1.54, 1.807) is 0 Å². The fourth-order valence-electron chi connectivity index (χ4n) is 0.879. The normalized spacial score (nSPS) is 10.4. The van der Waals surface area contributed by atoms with Crippen molar-refractivity contribution in [2.24, 2.45) is 5.73 Å². The lowest BCUT2D eigenvalue weighted by atomic mass is 10.2. The van der Waals surface area contributed by atoms with E-state index in [4.69, 9.17) is 28.0 Å². The minimum Gasteiger partial charge on any atom is -0.466 e. The Balaban J connectivity index is 0. The molecule has 0 saturated heterocycles. The Morgan fingerprint density at radius 2 is 1.76 bits per heavy atom. The maximum absolute atomic E-state index is 10.9. The molecule has 0 radical (unpaired) electrons. The first kappa shape index (κ1) is 18.7. The molecule has 0 fully saturated rings. The summed E-state index contributed by atoms with van der Waals surface area (Å²) in [5.74, 6) is -0.0751. The molecule has 0 aliphatic carbocycles. The van der Waals surface area contributed by atoms with Crippen LogP contribution in [-0.2, 0) is 19.9 Å². The zero-order valence-electron chi connectivity index (χ0n) is 9.96. The highest BCUT2D eigenvalue weighted by atomic mass is 32.3. The van der Waals surface area contributed by atoms with Gasteiger partial charge in [0.1, 0.15) is 0 Å². The van der Waals surface area contributed by atoms with Crippen molar-refractivity contribution in [2.75, 3.05) is 13.2 Å². The Hall–Kier alpha value is -0.700. The number of hydrogen-bond acceptors (Lipinski definition) is 5. The van der Waals surface area contributed by atoms with Gasteiger partial charge in [-0.05, 0) is 25.8 Å². The van der Waals surface area contributed by atoms with Crippen molar-refractivity contribution in [1.29, 1.82) is 0 Å². The van der Waals surface area contributed by atoms with Gasteiger partial charge in [-0.25, -0.2) is 0 Å². The minimum atomic E-state index is -4.67. The Morgan fingerprint density at radius 3 is 2.18 bits per heavy atom. The summed E-state index contributed by atoms with van der Waals surface area (Å²) in [7, 11) is -4.67. The second-order valence-corrected chi connectivity index (χ2v) is 4.16. The molecule has 0 spiro atoms. The standard InChI is InChI=1S/C9H19NO2.H2O4S/c1-2-8-12-9(11)6-4-3-5-7-10;1-5(2,3)4/h2-8,10H2,1H3;(H2,1,2,3,4). The minimum absolute atomic E-state index is 0.0751. The number of unbranched alkanes of at least 4 members (excludes halogenated alkanes) is 2. The van der Waals surface area contributed by atoms with Crippen molar-refractivity contribution in [3.05, 3.63) is 0 Å². The zero-order chi connectivity index (χ0) is 13.7. The molecule has 8 heteroatoms. The largest absolute Gasteiger partial charge is 0.466 e. The van der Waals surface area contributed by atoms with Gasteiger partial charge in [-0.1, -0.05) is 13.3 Å². The van der Waals surface area contributed by atoms with Crippen LogP contribution in [0.25, 0.3) is 0 Å². The highest BCUT2D eigenvalue weighted by molar-refractivity contribution is 7.79. The molecule has 4 N–H and O–H groups in total. The third kappa shape index (κ3) is 31.3. The summed E-state index contributed by atoms with van der Waals surface area (Å²) in [5, 5.41) is 0. The highest BCUT2D eigenvalue weighted by Gasteiger charge is 2.00. The summed E-state index contributed by atoms with van der Waals surface area (Å²) in [5.41, 5.74) is 5.31. The number of esters is 1. The first-order chi connectivity index (χ1) is 7.81. The summed E-state index contributed by atoms with van der Waals surface area (Å²) >= 11 is 0. The van der Waals surface area contributed by atoms with Crippen LogP contribution in [-0.4, -0.2) is 36.6 Å². The monoisotopic (exact) mass is 271 g/mol. The van der Waals surface area contributed by atoms with Crippen LogP contribution in [0.3, 0.4) is 0 Å². The van der Waals surface area contributed by atoms with Crippen LogP contribution >= 0.6 is 0 Å². The second-order valence-electron chi connectivity index (χ2n) is 3.27. The average Bonchev–Trinajstić information content (AvgIpc) is 2.19. The summed E-state index contributed by atoms with van der Waals surface area (Å²) in [4.78, 5) is 10.9. The predicted octanol–water partition coefficient (Wildman–Crippen LogP) is 0.806. The van der Waals surface area contributed by atoms with E-state index in [2.05, 4.69) is 0 Å². The average molecular weight is 271 g/mol. The maximum Gasteiger partial charge on any atom is 0.394 e. The summed E-state index contributed by atoms with van der Waals surface area (Å²) in [6.45, 7) is 3.25. The molecule has 104 valence electrons. The van der Waals surface area contributed by atoms with Gasteiger partial charge in [0, 0.05) is 6.42 Å². The molecular formula is C9H21NO6S. The van der Waals surface area contributed by atoms with Gasteiger partial charge < -0.3 is 10.5 Å². The van der Waals surface area contributed by atoms with Gasteiger partial charge in [-0.2, -0.15) is 8.42 Å². The molecule has 0 aromatic rings. The number of rotatable bonds is 7. The Kier molecular flexibility index (Phi) is 12.9. The molecule has 0 aromatic carbocycles. The first-order valence-corrected chi connectivity index (χ1v) is 6.76. The molecule has 7 nitrogen and oxygen atoms in total. The molecule has 0 aliphatic rings. The van der Waals surface area contributed by atoms with Crippen LogP contribution in [0.4, 0.5) is 0 Å². The van der Waals surface area contributed by atoms with Crippen molar-refractivity contribution >= 4 is 16.4 Å². The van der Waals surface area contributed by atoms with E-state index in [0.29, 0.717) is 19.6 Å². The summed E-state index contributed by atoms with van der Waals surface area (Å²) in [6.07, 6.45) is 4.37. The van der Waals surface area contributed by atoms with Gasteiger partial charge in [-0.3, -0.25) is 13.9 Å². The van der Waals surface area contributed by atoms with Crippen LogP contribution in [0, 0.1) is 0 Å². The molecular weight excluding hydrogens is 250 g/mol. The molecule has 0 amide bonds. The molecule has 0 atom stereocenters. The smallest absolute Gasteiger partial charge is 0.394 e. The number of carbonyl (C=O) groups is 1. The molecule has 0 unspecified atom stereocenters. The van der Waals surface area contributed by atoms with E-state index in [1.165, 1.54) is 0 Å². The summed E-state index contributed by atoms with van der Waals surface area (Å²) < 4.78 is 36.5. The Morgan fingerprint density at radius 1 is 1.24 bits per heavy atom. The van der Waals surface area contributed by atoms with E-state index in [-0.39, 0.29) is 5.97 Å². The quantitative estimate of drug-likeness (QED) is 0.355. The van der Waals surface area contributed by atoms with Crippen LogP contribution < -0.4 is 5.73 Å². The molecule has 0 heterocycles. The summed E-state index contributed by atoms with van der Waals surface area (Å²) in [6, 6.07) is 0. The third-order valence-corrected chi connectivity index (χ3v) is 1.55. The van der Waals surface area contributed by atoms with Gasteiger partial charge in [0.25, 0.3) is 0 Å². The molecule has 0 aromatic heterocycles. The second kappa shape index (κ2) is 11.8. The fraction of sp³-hybridized carbons (Fsp3) is 0.889. The SMILES string of the molecule is CCCOC(=O)CCCCCN.O=S(=O)(O)O. The molecule has 0 saturated carbocycles. The lowest BCUT2D eigenvalue weighted by Gasteiger charge is -2.01. The maximum atomic E-state index is 10.9. The number of ether oxygens (including phenoxy) is 1. The molecule has 0 bridgehead atoms. The van der Waals surface area contributed by atoms with E-state index in [1.807, 2.05) is 6.92 Å². The van der Waals surface area contributed by atoms with Crippen LogP contribution in [0.15, 0.2) is 0 Å². The van der Waals surface area contributed by atoms with Gasteiger partial charge in [0.2, 0.25) is 0 Å². The van der Waals surface area contributed by atoms with Gasteiger partial charge in [0.05, 0.1) is 6.61 Å². The number of carbonyl (C=O) groups excluding carboxylic acids is 1. The van der Waals surface area contributed by atoms with Gasteiger partial charge in [0.15, 0.2) is 0 Å². The molecule has 0 rings (SSSR count). The number of hydrogen-bond donors (Lipinski definition) is 3. The number of nitrogens with two attached hydrogens (primary N) is 1. The Labute approximate surface area is 102 Å². The third-order valence-electron chi connectivity index (χ3n) is 1.55. The predicted molar refractivity (Wildman–Crippen MR) is 62.9 cm³/mol. The van der Waals surface area contributed by atoms with Gasteiger partial charge >= 0.3 is 16.4 Å². The highest BCUT2D eigenvalue weighted by Crippen LogP contribution is 2.00. The van der Waals surface area contributed by atoms with Crippen molar-refractivity contribution in [2.45, 2.75) is 39.0 Å². The van der Waals surface area contributed by atoms with Crippen LogP contribution in [0.5, 0.6) is 0 Å². The van der Waals surface area contributed by atoms with Crippen molar-refractivity contribution < 1.29 is 27.1 Å².